The molecule has 1 aliphatic heterocycles. The molecule has 2 amide bonds. The van der Waals surface area contributed by atoms with Crippen molar-refractivity contribution in [3.63, 3.8) is 0 Å². The Kier molecular flexibility index (Phi) is 5.13. The highest BCUT2D eigenvalue weighted by Gasteiger charge is 2.39. The van der Waals surface area contributed by atoms with Crippen LogP contribution in [0.3, 0.4) is 0 Å². The fourth-order valence-electron chi connectivity index (χ4n) is 5.08. The summed E-state index contributed by atoms with van der Waals surface area (Å²) in [6, 6.07) is 7.20. The zero-order valence-electron chi connectivity index (χ0n) is 19.5. The maximum Gasteiger partial charge on any atom is 0.325 e. The van der Waals surface area contributed by atoms with Crippen molar-refractivity contribution in [3.05, 3.63) is 71.9 Å². The topological polar surface area (TPSA) is 80.3 Å². The van der Waals surface area contributed by atoms with Crippen LogP contribution in [-0.2, 0) is 0 Å². The van der Waals surface area contributed by atoms with Gasteiger partial charge in [0.1, 0.15) is 35.2 Å². The smallest absolute Gasteiger partial charge is 0.325 e. The van der Waals surface area contributed by atoms with E-state index in [2.05, 4.69) is 9.97 Å². The number of nitrogens with zero attached hydrogens (tertiary/aromatic N) is 5. The molecule has 4 aromatic rings. The number of fused-ring (bicyclic) bond motifs is 1. The van der Waals surface area contributed by atoms with Crippen LogP contribution in [0.25, 0.3) is 22.2 Å². The summed E-state index contributed by atoms with van der Waals surface area (Å²) in [6.45, 7) is 2.20. The molecule has 0 bridgehead atoms. The lowest BCUT2D eigenvalue weighted by Crippen LogP contribution is -2.32. The number of hydrogen-bond acceptors (Lipinski definition) is 4. The maximum absolute atomic E-state index is 15.6. The molecule has 36 heavy (non-hydrogen) atoms. The number of halogens is 3. The van der Waals surface area contributed by atoms with Crippen molar-refractivity contribution in [2.45, 2.75) is 31.8 Å². The first kappa shape index (κ1) is 22.4. The summed E-state index contributed by atoms with van der Waals surface area (Å²) < 4.78 is 45.5. The quantitative estimate of drug-likeness (QED) is 0.403. The molecule has 7 nitrogen and oxygen atoms in total. The number of nitrogens with two attached hydrogens (primary N) is 1. The Balaban J connectivity index is 1.37. The van der Waals surface area contributed by atoms with Crippen LogP contribution < -0.4 is 10.6 Å². The summed E-state index contributed by atoms with van der Waals surface area (Å²) in [4.78, 5) is 24.5. The van der Waals surface area contributed by atoms with Crippen molar-refractivity contribution in [1.82, 2.24) is 19.4 Å². The van der Waals surface area contributed by atoms with E-state index in [-0.39, 0.29) is 24.0 Å². The van der Waals surface area contributed by atoms with Gasteiger partial charge in [-0.25, -0.2) is 27.9 Å². The van der Waals surface area contributed by atoms with E-state index in [0.29, 0.717) is 40.4 Å². The third-order valence-corrected chi connectivity index (χ3v) is 7.00. The number of nitrogen functional groups attached to an aromatic ring is 1. The van der Waals surface area contributed by atoms with Crippen molar-refractivity contribution >= 4 is 28.6 Å². The number of benzene rings is 2. The van der Waals surface area contributed by atoms with Crippen molar-refractivity contribution < 1.29 is 18.0 Å². The van der Waals surface area contributed by atoms with Crippen LogP contribution in [0, 0.1) is 17.5 Å². The molecule has 2 aromatic carbocycles. The predicted molar refractivity (Wildman–Crippen MR) is 130 cm³/mol. The van der Waals surface area contributed by atoms with Gasteiger partial charge < -0.3 is 15.2 Å². The van der Waals surface area contributed by atoms with Gasteiger partial charge in [-0.05, 0) is 44.0 Å². The summed E-state index contributed by atoms with van der Waals surface area (Å²) in [5, 5.41) is 0.595. The Hall–Kier alpha value is -4.08. The van der Waals surface area contributed by atoms with Crippen LogP contribution in [0.15, 0.2) is 48.9 Å². The van der Waals surface area contributed by atoms with Gasteiger partial charge in [-0.3, -0.25) is 4.90 Å². The highest BCUT2D eigenvalue weighted by Crippen LogP contribution is 2.43. The third kappa shape index (κ3) is 3.47. The van der Waals surface area contributed by atoms with E-state index in [1.54, 1.807) is 19.1 Å². The fraction of sp³-hybridized carbons (Fsp3) is 0.269. The molecule has 2 aromatic heterocycles. The molecule has 2 N–H and O–H groups in total. The zero-order chi connectivity index (χ0) is 25.1. The average Bonchev–Trinajstić information content (AvgIpc) is 3.54. The number of rotatable bonds is 5. The van der Waals surface area contributed by atoms with Crippen molar-refractivity contribution in [2.75, 3.05) is 23.7 Å². The second-order valence-corrected chi connectivity index (χ2v) is 9.16. The van der Waals surface area contributed by atoms with Crippen molar-refractivity contribution in [1.29, 1.82) is 0 Å². The lowest BCUT2D eigenvalue weighted by Gasteiger charge is -2.22. The minimum Gasteiger partial charge on any atom is -0.383 e. The van der Waals surface area contributed by atoms with E-state index in [1.165, 1.54) is 34.3 Å². The lowest BCUT2D eigenvalue weighted by molar-refractivity contribution is 0.208. The first-order valence-corrected chi connectivity index (χ1v) is 11.8. The van der Waals surface area contributed by atoms with Gasteiger partial charge in [-0.15, -0.1) is 0 Å². The van der Waals surface area contributed by atoms with Crippen molar-refractivity contribution in [2.24, 2.45) is 0 Å². The molecule has 10 heteroatoms. The second kappa shape index (κ2) is 8.25. The molecule has 184 valence electrons. The first-order valence-electron chi connectivity index (χ1n) is 11.8. The molecule has 1 aliphatic carbocycles. The number of urea groups is 1. The molecule has 1 saturated heterocycles. The Morgan fingerprint density at radius 2 is 1.83 bits per heavy atom. The number of hydrogen-bond donors (Lipinski definition) is 1. The number of carbonyl (C=O) groups excluding carboxylic acids is 1. The van der Waals surface area contributed by atoms with Gasteiger partial charge in [-0.2, -0.15) is 0 Å². The average molecular weight is 493 g/mol. The number of amides is 2. The number of carbonyl (C=O) groups is 1. The highest BCUT2D eigenvalue weighted by molar-refractivity contribution is 6.01. The van der Waals surface area contributed by atoms with Gasteiger partial charge in [0.05, 0.1) is 18.0 Å². The van der Waals surface area contributed by atoms with E-state index in [1.807, 2.05) is 10.8 Å². The van der Waals surface area contributed by atoms with Gasteiger partial charge in [0, 0.05) is 47.2 Å². The summed E-state index contributed by atoms with van der Waals surface area (Å²) in [5.74, 6) is -1.66. The number of aromatic nitrogens is 3. The third-order valence-electron chi connectivity index (χ3n) is 7.00. The molecule has 1 atom stereocenters. The molecule has 3 heterocycles. The maximum atomic E-state index is 15.6. The van der Waals surface area contributed by atoms with Gasteiger partial charge in [0.25, 0.3) is 0 Å². The molecule has 1 saturated carbocycles. The van der Waals surface area contributed by atoms with Gasteiger partial charge in [-0.1, -0.05) is 6.07 Å². The second-order valence-electron chi connectivity index (χ2n) is 9.16. The molecule has 1 unspecified atom stereocenters. The Morgan fingerprint density at radius 1 is 1.03 bits per heavy atom. The standard InChI is InChI=1S/C26H23F3N6O/c1-2-33-22(18-7-3-14(27)9-20(18)28)12-35(26(33)36)16-6-8-17(21(29)10-16)19-11-34(15-4-5-15)25-23(19)24(30)31-13-32-25/h3,6-11,13,15,22H,2,4-5,12H2,1H3,(H2,30,31,32). The molecule has 2 fully saturated rings. The van der Waals surface area contributed by atoms with Gasteiger partial charge in [0.15, 0.2) is 0 Å². The van der Waals surface area contributed by atoms with Crippen LogP contribution in [0.5, 0.6) is 0 Å². The van der Waals surface area contributed by atoms with Crippen LogP contribution >= 0.6 is 0 Å². The normalized spacial score (nSPS) is 18.0. The van der Waals surface area contributed by atoms with Crippen LogP contribution in [0.4, 0.5) is 29.5 Å². The fourth-order valence-corrected chi connectivity index (χ4v) is 5.08. The highest BCUT2D eigenvalue weighted by atomic mass is 19.1. The molecule has 2 aliphatic rings. The largest absolute Gasteiger partial charge is 0.383 e. The Labute approximate surface area is 205 Å². The van der Waals surface area contributed by atoms with Crippen LogP contribution in [0.2, 0.25) is 0 Å². The van der Waals surface area contributed by atoms with Gasteiger partial charge in [0.2, 0.25) is 0 Å². The predicted octanol–water partition coefficient (Wildman–Crippen LogP) is 5.44. The summed E-state index contributed by atoms with van der Waals surface area (Å²) in [7, 11) is 0. The number of likely N-dealkylation sites (N-methyl/N-ethyl adjacent to an activating group) is 1. The van der Waals surface area contributed by atoms with E-state index in [4.69, 9.17) is 5.73 Å². The molecular formula is C26H23F3N6O. The molecule has 0 spiro atoms. The van der Waals surface area contributed by atoms with E-state index in [0.717, 1.165) is 18.9 Å². The zero-order valence-corrected chi connectivity index (χ0v) is 19.5. The Bertz CT molecular complexity index is 1520. The van der Waals surface area contributed by atoms with E-state index in [9.17, 15) is 13.6 Å². The van der Waals surface area contributed by atoms with Crippen molar-refractivity contribution in [3.8, 4) is 11.1 Å². The Morgan fingerprint density at radius 3 is 2.53 bits per heavy atom. The van der Waals surface area contributed by atoms with E-state index < -0.39 is 23.5 Å². The minimum absolute atomic E-state index is 0.107. The van der Waals surface area contributed by atoms with Gasteiger partial charge >= 0.3 is 6.03 Å². The molecule has 6 rings (SSSR count). The molecule has 0 radical (unpaired) electrons. The SMILES string of the molecule is CCN1C(=O)N(c2ccc(-c3cn(C4CC4)c4ncnc(N)c34)c(F)c2)CC1c1ccc(F)cc1F. The summed E-state index contributed by atoms with van der Waals surface area (Å²) in [6.07, 6.45) is 5.31. The first-order chi connectivity index (χ1) is 17.4. The molecular weight excluding hydrogens is 469 g/mol. The summed E-state index contributed by atoms with van der Waals surface area (Å²) in [5.41, 5.74) is 8.30. The van der Waals surface area contributed by atoms with E-state index >= 15 is 4.39 Å². The summed E-state index contributed by atoms with van der Waals surface area (Å²) >= 11 is 0. The lowest BCUT2D eigenvalue weighted by atomic mass is 10.0. The minimum atomic E-state index is -0.721. The van der Waals surface area contributed by atoms with Crippen LogP contribution in [-0.4, -0.2) is 38.6 Å². The van der Waals surface area contributed by atoms with Crippen LogP contribution in [0.1, 0.15) is 37.4 Å². The number of anilines is 2. The monoisotopic (exact) mass is 492 g/mol.